The summed E-state index contributed by atoms with van der Waals surface area (Å²) in [5.41, 5.74) is 3.07. The van der Waals surface area contributed by atoms with Crippen LogP contribution in [0.5, 0.6) is 0 Å². The Balaban J connectivity index is 1.63. The maximum atomic E-state index is 13.3. The van der Waals surface area contributed by atoms with E-state index in [1.54, 1.807) is 24.3 Å². The SMILES string of the molecule is Cc1ccc(C2=Nc3ccccc3N(CC(=O)Nc3ccccc3C(F)(F)F)C(=O)C2)c(C)c1. The number of alkyl halides is 3. The molecule has 0 saturated heterocycles. The maximum Gasteiger partial charge on any atom is 0.418 e. The number of aryl methyl sites for hydroxylation is 2. The molecule has 0 bridgehead atoms. The van der Waals surface area contributed by atoms with Crippen LogP contribution in [-0.4, -0.2) is 24.1 Å². The highest BCUT2D eigenvalue weighted by Crippen LogP contribution is 2.35. The molecule has 1 aliphatic rings. The van der Waals surface area contributed by atoms with Crippen molar-refractivity contribution >= 4 is 34.6 Å². The number of rotatable bonds is 4. The third kappa shape index (κ3) is 4.85. The number of benzene rings is 3. The normalized spacial score (nSPS) is 13.7. The number of amides is 2. The summed E-state index contributed by atoms with van der Waals surface area (Å²) in [5.74, 6) is -1.11. The van der Waals surface area contributed by atoms with Gasteiger partial charge >= 0.3 is 6.18 Å². The highest BCUT2D eigenvalue weighted by atomic mass is 19.4. The van der Waals surface area contributed by atoms with Gasteiger partial charge < -0.3 is 10.2 Å². The first-order valence-electron chi connectivity index (χ1n) is 10.6. The molecule has 0 aliphatic carbocycles. The molecule has 174 valence electrons. The van der Waals surface area contributed by atoms with Crippen molar-refractivity contribution < 1.29 is 22.8 Å². The predicted octanol–water partition coefficient (Wildman–Crippen LogP) is 5.82. The van der Waals surface area contributed by atoms with Crippen LogP contribution in [0.3, 0.4) is 0 Å². The molecule has 3 aromatic rings. The summed E-state index contributed by atoms with van der Waals surface area (Å²) >= 11 is 0. The summed E-state index contributed by atoms with van der Waals surface area (Å²) in [6, 6.07) is 17.5. The molecule has 34 heavy (non-hydrogen) atoms. The van der Waals surface area contributed by atoms with E-state index in [1.165, 1.54) is 23.1 Å². The predicted molar refractivity (Wildman–Crippen MR) is 126 cm³/mol. The second-order valence-electron chi connectivity index (χ2n) is 8.11. The number of anilines is 2. The number of carbonyl (C=O) groups excluding carboxylic acids is 2. The van der Waals surface area contributed by atoms with Crippen LogP contribution in [0.2, 0.25) is 0 Å². The summed E-state index contributed by atoms with van der Waals surface area (Å²) in [4.78, 5) is 32.0. The molecule has 0 spiro atoms. The number of aliphatic imine (C=N–C) groups is 1. The molecule has 2 amide bonds. The zero-order valence-electron chi connectivity index (χ0n) is 18.6. The lowest BCUT2D eigenvalue weighted by Gasteiger charge is -2.22. The number of halogens is 3. The number of hydrogen-bond donors (Lipinski definition) is 1. The minimum Gasteiger partial charge on any atom is -0.324 e. The van der Waals surface area contributed by atoms with Crippen molar-refractivity contribution in [3.63, 3.8) is 0 Å². The Bertz CT molecular complexity index is 1300. The average Bonchev–Trinajstić information content (AvgIpc) is 2.90. The lowest BCUT2D eigenvalue weighted by Crippen LogP contribution is -2.38. The van der Waals surface area contributed by atoms with E-state index < -0.39 is 24.2 Å². The Morgan fingerprint density at radius 2 is 1.74 bits per heavy atom. The average molecular weight is 465 g/mol. The van der Waals surface area contributed by atoms with Gasteiger partial charge in [0.1, 0.15) is 6.54 Å². The van der Waals surface area contributed by atoms with Crippen LogP contribution in [0.1, 0.15) is 28.7 Å². The van der Waals surface area contributed by atoms with E-state index in [2.05, 4.69) is 5.32 Å². The van der Waals surface area contributed by atoms with Gasteiger partial charge in [0.25, 0.3) is 0 Å². The molecule has 0 saturated carbocycles. The second-order valence-corrected chi connectivity index (χ2v) is 8.11. The van der Waals surface area contributed by atoms with E-state index in [-0.39, 0.29) is 18.0 Å². The fraction of sp³-hybridized carbons (Fsp3) is 0.192. The number of para-hydroxylation sites is 3. The van der Waals surface area contributed by atoms with Crippen molar-refractivity contribution in [2.75, 3.05) is 16.8 Å². The van der Waals surface area contributed by atoms with Gasteiger partial charge in [0.15, 0.2) is 0 Å². The molecule has 1 heterocycles. The Labute approximate surface area is 194 Å². The molecule has 0 atom stereocenters. The molecular weight excluding hydrogens is 443 g/mol. The fourth-order valence-corrected chi connectivity index (χ4v) is 3.98. The number of carbonyl (C=O) groups is 2. The van der Waals surface area contributed by atoms with Crippen LogP contribution in [0.25, 0.3) is 0 Å². The van der Waals surface area contributed by atoms with Gasteiger partial charge in [0.05, 0.1) is 34.8 Å². The summed E-state index contributed by atoms with van der Waals surface area (Å²) in [6.45, 7) is 3.47. The van der Waals surface area contributed by atoms with Gasteiger partial charge in [-0.25, -0.2) is 0 Å². The van der Waals surface area contributed by atoms with Gasteiger partial charge in [0, 0.05) is 0 Å². The minimum atomic E-state index is -4.62. The first kappa shape index (κ1) is 23.2. The summed E-state index contributed by atoms with van der Waals surface area (Å²) in [5, 5.41) is 2.30. The molecule has 5 nitrogen and oxygen atoms in total. The maximum absolute atomic E-state index is 13.3. The quantitative estimate of drug-likeness (QED) is 0.528. The number of nitrogens with one attached hydrogen (secondary N) is 1. The lowest BCUT2D eigenvalue weighted by molar-refractivity contribution is -0.137. The standard InChI is InChI=1S/C26H22F3N3O2/c1-16-11-12-18(17(2)13-16)22-14-25(34)32(23-10-6-5-9-21(23)30-22)15-24(33)31-20-8-4-3-7-19(20)26(27,28)29/h3-13H,14-15H2,1-2H3,(H,31,33). The van der Waals surface area contributed by atoms with Crippen LogP contribution in [0.15, 0.2) is 71.7 Å². The number of nitrogens with zero attached hydrogens (tertiary/aromatic N) is 2. The molecule has 3 aromatic carbocycles. The topological polar surface area (TPSA) is 61.8 Å². The highest BCUT2D eigenvalue weighted by molar-refractivity contribution is 6.19. The molecule has 0 unspecified atom stereocenters. The number of fused-ring (bicyclic) bond motifs is 1. The molecule has 0 aromatic heterocycles. The van der Waals surface area contributed by atoms with Crippen LogP contribution in [0.4, 0.5) is 30.2 Å². The van der Waals surface area contributed by atoms with Crippen molar-refractivity contribution in [3.05, 3.63) is 89.0 Å². The van der Waals surface area contributed by atoms with Gasteiger partial charge in [-0.3, -0.25) is 14.6 Å². The van der Waals surface area contributed by atoms with Gasteiger partial charge in [-0.15, -0.1) is 0 Å². The lowest BCUT2D eigenvalue weighted by atomic mass is 9.99. The van der Waals surface area contributed by atoms with E-state index in [4.69, 9.17) is 4.99 Å². The summed E-state index contributed by atoms with van der Waals surface area (Å²) in [7, 11) is 0. The molecule has 4 rings (SSSR count). The van der Waals surface area contributed by atoms with E-state index in [1.807, 2.05) is 32.0 Å². The van der Waals surface area contributed by atoms with Crippen LogP contribution in [0, 0.1) is 13.8 Å². The Kier molecular flexibility index (Phi) is 6.24. The first-order valence-corrected chi connectivity index (χ1v) is 10.6. The van der Waals surface area contributed by atoms with Crippen LogP contribution >= 0.6 is 0 Å². The van der Waals surface area contributed by atoms with Gasteiger partial charge in [0.2, 0.25) is 11.8 Å². The van der Waals surface area contributed by atoms with Crippen molar-refractivity contribution in [2.45, 2.75) is 26.4 Å². The van der Waals surface area contributed by atoms with Crippen molar-refractivity contribution in [1.29, 1.82) is 0 Å². The summed E-state index contributed by atoms with van der Waals surface area (Å²) in [6.07, 6.45) is -4.67. The second kappa shape index (κ2) is 9.13. The third-order valence-electron chi connectivity index (χ3n) is 5.55. The zero-order chi connectivity index (χ0) is 24.5. The van der Waals surface area contributed by atoms with Crippen LogP contribution < -0.4 is 10.2 Å². The minimum absolute atomic E-state index is 0.0506. The van der Waals surface area contributed by atoms with Gasteiger partial charge in [-0.1, -0.05) is 48.0 Å². The fourth-order valence-electron chi connectivity index (χ4n) is 3.98. The van der Waals surface area contributed by atoms with E-state index in [0.717, 1.165) is 22.8 Å². The Hall–Kier alpha value is -3.94. The molecule has 8 heteroatoms. The van der Waals surface area contributed by atoms with Gasteiger partial charge in [-0.05, 0) is 49.2 Å². The third-order valence-corrected chi connectivity index (χ3v) is 5.55. The number of hydrogen-bond acceptors (Lipinski definition) is 3. The first-order chi connectivity index (χ1) is 16.1. The Morgan fingerprint density at radius 1 is 1.03 bits per heavy atom. The molecule has 1 N–H and O–H groups in total. The molecule has 0 fully saturated rings. The smallest absolute Gasteiger partial charge is 0.324 e. The molecule has 1 aliphatic heterocycles. The monoisotopic (exact) mass is 465 g/mol. The summed E-state index contributed by atoms with van der Waals surface area (Å²) < 4.78 is 39.9. The molecular formula is C26H22F3N3O2. The Morgan fingerprint density at radius 3 is 2.47 bits per heavy atom. The molecule has 0 radical (unpaired) electrons. The van der Waals surface area contributed by atoms with E-state index >= 15 is 0 Å². The van der Waals surface area contributed by atoms with Crippen molar-refractivity contribution in [2.24, 2.45) is 4.99 Å². The zero-order valence-corrected chi connectivity index (χ0v) is 18.6. The van der Waals surface area contributed by atoms with Crippen LogP contribution in [-0.2, 0) is 15.8 Å². The van der Waals surface area contributed by atoms with Crippen molar-refractivity contribution in [1.82, 2.24) is 0 Å². The highest BCUT2D eigenvalue weighted by Gasteiger charge is 2.34. The largest absolute Gasteiger partial charge is 0.418 e. The van der Waals surface area contributed by atoms with E-state index in [9.17, 15) is 22.8 Å². The van der Waals surface area contributed by atoms with Gasteiger partial charge in [-0.2, -0.15) is 13.2 Å². The van der Waals surface area contributed by atoms with E-state index in [0.29, 0.717) is 17.1 Å². The van der Waals surface area contributed by atoms with Crippen molar-refractivity contribution in [3.8, 4) is 0 Å².